The van der Waals surface area contributed by atoms with Crippen LogP contribution in [-0.4, -0.2) is 27.5 Å². The van der Waals surface area contributed by atoms with Crippen LogP contribution in [0.1, 0.15) is 33.3 Å². The van der Waals surface area contributed by atoms with Crippen LogP contribution in [0, 0.1) is 39.9 Å². The van der Waals surface area contributed by atoms with Crippen LogP contribution >= 0.6 is 20.2 Å². The van der Waals surface area contributed by atoms with E-state index in [0.717, 1.165) is 5.56 Å². The number of anilines is 1. The van der Waals surface area contributed by atoms with Crippen molar-refractivity contribution in [2.45, 2.75) is 33.3 Å². The van der Waals surface area contributed by atoms with Gasteiger partial charge in [0, 0.05) is 0 Å². The predicted molar refractivity (Wildman–Crippen MR) is 137 cm³/mol. The van der Waals surface area contributed by atoms with Crippen molar-refractivity contribution in [3.8, 4) is 24.0 Å². The Hall–Kier alpha value is -3.49. The monoisotopic (exact) mass is 574 g/mol. The molecule has 1 aliphatic rings. The van der Waals surface area contributed by atoms with E-state index in [1.54, 1.807) is 57.2 Å². The summed E-state index contributed by atoms with van der Waals surface area (Å²) in [6.45, 7) is 7.48. The predicted octanol–water partition coefficient (Wildman–Crippen LogP) is 4.84. The Labute approximate surface area is 207 Å². The topological polar surface area (TPSA) is 142 Å². The fourth-order valence-electron chi connectivity index (χ4n) is 3.23. The summed E-state index contributed by atoms with van der Waals surface area (Å²) >= 11 is -1.96. The molecule has 1 atom stereocenters. The molecular formula is C25H27IN4O4. The van der Waals surface area contributed by atoms with Crippen molar-refractivity contribution in [1.29, 1.82) is 15.8 Å². The number of hydrogen-bond donors (Lipinski definition) is 1. The molecule has 2 N–H and O–H groups in total. The molecular weight excluding hydrogens is 547 g/mol. The van der Waals surface area contributed by atoms with E-state index in [2.05, 4.69) is 6.07 Å². The molecule has 1 aromatic carbocycles. The Morgan fingerprint density at radius 1 is 1.26 bits per heavy atom. The SMILES string of the molecule is CCOC(=O)C(C)CI(C)Oc1cc(/C=C/C2=C(C#N)C(=C(C#N)C#N)OC2(C)C)ccc1N. The number of rotatable bonds is 8. The first kappa shape index (κ1) is 26.8. The summed E-state index contributed by atoms with van der Waals surface area (Å²) in [5.41, 5.74) is 6.95. The molecule has 1 aliphatic heterocycles. The van der Waals surface area contributed by atoms with Gasteiger partial charge in [-0.3, -0.25) is 0 Å². The molecule has 0 radical (unpaired) electrons. The second kappa shape index (κ2) is 11.6. The Balaban J connectivity index is 2.30. The van der Waals surface area contributed by atoms with Crippen molar-refractivity contribution in [1.82, 2.24) is 0 Å². The number of halogens is 1. The number of hydrogen-bond acceptors (Lipinski definition) is 8. The molecule has 0 amide bonds. The van der Waals surface area contributed by atoms with Gasteiger partial charge in [0.15, 0.2) is 0 Å². The summed E-state index contributed by atoms with van der Waals surface area (Å²) in [6.07, 6.45) is 3.53. The maximum atomic E-state index is 11.9. The molecule has 1 heterocycles. The zero-order chi connectivity index (χ0) is 25.5. The van der Waals surface area contributed by atoms with Gasteiger partial charge >= 0.3 is 208 Å². The van der Waals surface area contributed by atoms with Crippen molar-refractivity contribution < 1.29 is 17.3 Å². The van der Waals surface area contributed by atoms with Crippen molar-refractivity contribution in [3.05, 3.63) is 52.3 Å². The van der Waals surface area contributed by atoms with Crippen LogP contribution in [0.2, 0.25) is 0 Å². The fourth-order valence-corrected chi connectivity index (χ4v) is 6.82. The summed E-state index contributed by atoms with van der Waals surface area (Å²) in [5.74, 6) is 0.0653. The summed E-state index contributed by atoms with van der Waals surface area (Å²) in [6, 6.07) is 11.0. The molecule has 0 aliphatic carbocycles. The van der Waals surface area contributed by atoms with Crippen molar-refractivity contribution in [2.75, 3.05) is 21.7 Å². The first-order valence-electron chi connectivity index (χ1n) is 10.4. The Bertz CT molecular complexity index is 1160. The third kappa shape index (κ3) is 6.30. The van der Waals surface area contributed by atoms with Crippen LogP contribution < -0.4 is 8.80 Å². The first-order chi connectivity index (χ1) is 16.1. The van der Waals surface area contributed by atoms with E-state index in [1.165, 1.54) is 0 Å². The summed E-state index contributed by atoms with van der Waals surface area (Å²) in [7, 11) is 0. The molecule has 9 heteroatoms. The number of carbonyl (C=O) groups excluding carboxylic acids is 1. The van der Waals surface area contributed by atoms with Crippen molar-refractivity contribution in [3.63, 3.8) is 0 Å². The van der Waals surface area contributed by atoms with Gasteiger partial charge in [-0.1, -0.05) is 0 Å². The van der Waals surface area contributed by atoms with E-state index >= 15 is 0 Å². The summed E-state index contributed by atoms with van der Waals surface area (Å²) < 4.78 is 17.6. The van der Waals surface area contributed by atoms with Gasteiger partial charge in [-0.2, -0.15) is 0 Å². The van der Waals surface area contributed by atoms with Gasteiger partial charge < -0.3 is 0 Å². The molecule has 1 unspecified atom stereocenters. The van der Waals surface area contributed by atoms with Crippen LogP contribution in [0.4, 0.5) is 5.69 Å². The van der Waals surface area contributed by atoms with Crippen LogP contribution in [-0.2, 0) is 14.3 Å². The van der Waals surface area contributed by atoms with E-state index in [9.17, 15) is 20.6 Å². The van der Waals surface area contributed by atoms with E-state index in [0.29, 0.717) is 28.0 Å². The number of benzene rings is 1. The number of esters is 1. The number of carbonyl (C=O) groups is 1. The van der Waals surface area contributed by atoms with Gasteiger partial charge in [-0.25, -0.2) is 0 Å². The third-order valence-corrected chi connectivity index (χ3v) is 8.69. The van der Waals surface area contributed by atoms with Gasteiger partial charge in [0.05, 0.1) is 0 Å². The van der Waals surface area contributed by atoms with Gasteiger partial charge in [0.25, 0.3) is 0 Å². The number of allylic oxidation sites excluding steroid dienone is 2. The van der Waals surface area contributed by atoms with Gasteiger partial charge in [0.1, 0.15) is 0 Å². The third-order valence-electron chi connectivity index (χ3n) is 4.90. The van der Waals surface area contributed by atoms with Crippen LogP contribution in [0.15, 0.2) is 46.8 Å². The molecule has 0 spiro atoms. The molecule has 0 saturated carbocycles. The van der Waals surface area contributed by atoms with Gasteiger partial charge in [-0.05, 0) is 0 Å². The summed E-state index contributed by atoms with van der Waals surface area (Å²) in [5, 5.41) is 28.1. The van der Waals surface area contributed by atoms with Gasteiger partial charge in [-0.15, -0.1) is 0 Å². The molecule has 0 aromatic heterocycles. The average molecular weight is 574 g/mol. The van der Waals surface area contributed by atoms with Crippen LogP contribution in [0.3, 0.4) is 0 Å². The summed E-state index contributed by atoms with van der Waals surface area (Å²) in [4.78, 5) is 13.9. The minimum atomic E-state index is -1.96. The standard InChI is InChI=1S/C25H27IN4O4/c1-6-32-24(31)16(2)12-26(5)34-22-11-17(8-10-21(22)30)7-9-20-19(15-29)23(18(13-27)14-28)33-25(20,3)4/h7-11,16H,6,12,30H2,1-5H3/b9-7+. The van der Waals surface area contributed by atoms with E-state index in [1.807, 2.05) is 17.9 Å². The molecule has 34 heavy (non-hydrogen) atoms. The molecule has 1 aromatic rings. The van der Waals surface area contributed by atoms with Crippen LogP contribution in [0.5, 0.6) is 5.75 Å². The number of alkyl halides is 2. The Morgan fingerprint density at radius 2 is 1.94 bits per heavy atom. The maximum absolute atomic E-state index is 11.9. The van der Waals surface area contributed by atoms with Crippen molar-refractivity contribution >= 4 is 38.0 Å². The minimum absolute atomic E-state index is 0.00482. The average Bonchev–Trinajstić information content (AvgIpc) is 3.04. The Kier molecular flexibility index (Phi) is 9.11. The van der Waals surface area contributed by atoms with Gasteiger partial charge in [0.2, 0.25) is 0 Å². The number of nitrogens with two attached hydrogens (primary N) is 1. The molecule has 2 rings (SSSR count). The zero-order valence-electron chi connectivity index (χ0n) is 19.8. The first-order valence-corrected chi connectivity index (χ1v) is 15.0. The zero-order valence-corrected chi connectivity index (χ0v) is 22.0. The number of nitrogen functional groups attached to an aromatic ring is 1. The second-order valence-corrected chi connectivity index (χ2v) is 12.3. The number of nitrogens with zero attached hydrogens (tertiary/aromatic N) is 3. The van der Waals surface area contributed by atoms with Crippen molar-refractivity contribution in [2.24, 2.45) is 5.92 Å². The fraction of sp³-hybridized carbons (Fsp3) is 0.360. The molecule has 178 valence electrons. The van der Waals surface area contributed by atoms with E-state index < -0.39 is 25.8 Å². The second-order valence-electron chi connectivity index (χ2n) is 7.99. The normalized spacial score (nSPS) is 15.6. The molecule has 0 bridgehead atoms. The number of ether oxygens (including phenoxy) is 2. The van der Waals surface area contributed by atoms with Crippen LogP contribution in [0.25, 0.3) is 6.08 Å². The molecule has 0 fully saturated rings. The molecule has 8 nitrogen and oxygen atoms in total. The quantitative estimate of drug-likeness (QED) is 0.153. The molecule has 0 saturated heterocycles. The van der Waals surface area contributed by atoms with E-state index in [4.69, 9.17) is 18.3 Å². The van der Waals surface area contributed by atoms with E-state index in [-0.39, 0.29) is 28.8 Å². The Morgan fingerprint density at radius 3 is 2.53 bits per heavy atom. The number of nitriles is 3.